The third-order valence-corrected chi connectivity index (χ3v) is 0.554. The van der Waals surface area contributed by atoms with Gasteiger partial charge in [-0.3, -0.25) is 0 Å². The van der Waals surface area contributed by atoms with Crippen LogP contribution in [0, 0.1) is 0 Å². The molecule has 0 aromatic heterocycles. The molecule has 0 unspecified atom stereocenters. The van der Waals surface area contributed by atoms with Crippen LogP contribution in [0.4, 0.5) is 0 Å². The van der Waals surface area contributed by atoms with Crippen molar-refractivity contribution in [3.8, 4) is 0 Å². The summed E-state index contributed by atoms with van der Waals surface area (Å²) >= 11 is 0. The molecule has 0 bridgehead atoms. The molecular formula is C4H9B2N. The third-order valence-electron chi connectivity index (χ3n) is 0.554. The first-order valence-electron chi connectivity index (χ1n) is 2.42. The van der Waals surface area contributed by atoms with Crippen molar-refractivity contribution in [3.05, 3.63) is 12.2 Å². The van der Waals surface area contributed by atoms with E-state index in [4.69, 9.17) is 0 Å². The predicted octanol–water partition coefficient (Wildman–Crippen LogP) is -0.417. The summed E-state index contributed by atoms with van der Waals surface area (Å²) in [5.41, 5.74) is 0. The van der Waals surface area contributed by atoms with Crippen LogP contribution in [0.15, 0.2) is 12.2 Å². The SMILES string of the molecule is C=BC=CNBC. The molecule has 0 aliphatic heterocycles. The van der Waals surface area contributed by atoms with Crippen LogP contribution in [-0.2, 0) is 0 Å². The molecule has 0 aliphatic rings. The number of rotatable bonds is 3. The Morgan fingerprint density at radius 3 is 3.00 bits per heavy atom. The fourth-order valence-electron chi connectivity index (χ4n) is 0.254. The fourth-order valence-corrected chi connectivity index (χ4v) is 0.254. The maximum absolute atomic E-state index is 3.51. The Bertz CT molecular complexity index is 70.1. The van der Waals surface area contributed by atoms with Gasteiger partial charge in [0.2, 0.25) is 0 Å². The van der Waals surface area contributed by atoms with Crippen LogP contribution >= 0.6 is 0 Å². The summed E-state index contributed by atoms with van der Waals surface area (Å²) in [6, 6.07) is 0. The van der Waals surface area contributed by atoms with Crippen molar-refractivity contribution >= 4 is 20.8 Å². The maximum atomic E-state index is 3.51. The van der Waals surface area contributed by atoms with E-state index in [0.29, 0.717) is 0 Å². The molecule has 0 aromatic carbocycles. The van der Waals surface area contributed by atoms with Gasteiger partial charge in [-0.05, 0) is 0 Å². The van der Waals surface area contributed by atoms with E-state index in [9.17, 15) is 0 Å². The molecule has 7 heavy (non-hydrogen) atoms. The molecule has 1 N–H and O–H groups in total. The van der Waals surface area contributed by atoms with E-state index in [0.717, 1.165) is 7.41 Å². The Kier molecular flexibility index (Phi) is 5.18. The van der Waals surface area contributed by atoms with Crippen LogP contribution in [0.1, 0.15) is 0 Å². The van der Waals surface area contributed by atoms with Crippen molar-refractivity contribution in [1.82, 2.24) is 5.23 Å². The standard InChI is InChI=1S/C4H9B2N/c1-5-3-4-7-6-2/h3-4,6-7H,1H2,2H3. The van der Waals surface area contributed by atoms with Gasteiger partial charge in [0.15, 0.2) is 0 Å². The van der Waals surface area contributed by atoms with Gasteiger partial charge >= 0.3 is 45.0 Å². The Labute approximate surface area is 46.0 Å². The van der Waals surface area contributed by atoms with Gasteiger partial charge in [0.1, 0.15) is 0 Å². The summed E-state index contributed by atoms with van der Waals surface area (Å²) in [6.45, 7) is 7.29. The van der Waals surface area contributed by atoms with Crippen LogP contribution in [0.3, 0.4) is 0 Å². The van der Waals surface area contributed by atoms with E-state index in [-0.39, 0.29) is 0 Å². The second-order valence-corrected chi connectivity index (χ2v) is 1.15. The summed E-state index contributed by atoms with van der Waals surface area (Å²) in [5, 5.41) is 3.00. The molecule has 0 saturated carbocycles. The van der Waals surface area contributed by atoms with E-state index in [1.165, 1.54) is 0 Å². The second kappa shape index (κ2) is 5.54. The predicted molar refractivity (Wildman–Crippen MR) is 38.2 cm³/mol. The van der Waals surface area contributed by atoms with Gasteiger partial charge in [-0.1, -0.05) is 0 Å². The molecule has 0 rings (SSSR count). The molecule has 0 saturated heterocycles. The first-order chi connectivity index (χ1) is 3.41. The van der Waals surface area contributed by atoms with Crippen molar-refractivity contribution in [2.75, 3.05) is 0 Å². The van der Waals surface area contributed by atoms with E-state index in [1.54, 1.807) is 6.92 Å². The summed E-state index contributed by atoms with van der Waals surface area (Å²) in [4.78, 5) is 0. The monoisotopic (exact) mass is 93.1 g/mol. The molecular weight excluding hydrogens is 83.7 g/mol. The first kappa shape index (κ1) is 6.54. The minimum absolute atomic E-state index is 0.977. The molecule has 0 aliphatic carbocycles. The van der Waals surface area contributed by atoms with E-state index < -0.39 is 0 Å². The minimum atomic E-state index is 0.977. The molecule has 0 amide bonds. The molecule has 0 atom stereocenters. The summed E-state index contributed by atoms with van der Waals surface area (Å²) < 4.78 is 0. The number of hydrogen-bond acceptors (Lipinski definition) is 1. The average Bonchev–Trinajstić information content (AvgIpc) is 1.69. The molecule has 0 aromatic rings. The van der Waals surface area contributed by atoms with Crippen molar-refractivity contribution < 1.29 is 0 Å². The van der Waals surface area contributed by atoms with E-state index in [1.807, 2.05) is 19.0 Å². The van der Waals surface area contributed by atoms with Crippen molar-refractivity contribution in [3.63, 3.8) is 0 Å². The quantitative estimate of drug-likeness (QED) is 0.467. The Morgan fingerprint density at radius 1 is 1.86 bits per heavy atom. The van der Waals surface area contributed by atoms with E-state index in [2.05, 4.69) is 11.7 Å². The van der Waals surface area contributed by atoms with Crippen LogP contribution in [0.25, 0.3) is 0 Å². The van der Waals surface area contributed by atoms with Crippen LogP contribution in [0.2, 0.25) is 6.82 Å². The second-order valence-electron chi connectivity index (χ2n) is 1.15. The Morgan fingerprint density at radius 2 is 2.57 bits per heavy atom. The van der Waals surface area contributed by atoms with Gasteiger partial charge < -0.3 is 0 Å². The van der Waals surface area contributed by atoms with Crippen LogP contribution < -0.4 is 5.23 Å². The van der Waals surface area contributed by atoms with Gasteiger partial charge in [-0.2, -0.15) is 0 Å². The molecule has 0 radical (unpaired) electrons. The zero-order chi connectivity index (χ0) is 5.54. The van der Waals surface area contributed by atoms with Crippen molar-refractivity contribution in [2.24, 2.45) is 0 Å². The van der Waals surface area contributed by atoms with Gasteiger partial charge in [0.25, 0.3) is 0 Å². The normalized spacial score (nSPS) is 8.14. The van der Waals surface area contributed by atoms with Gasteiger partial charge in [0.05, 0.1) is 0 Å². The van der Waals surface area contributed by atoms with Gasteiger partial charge in [0, 0.05) is 0 Å². The molecule has 0 heterocycles. The fraction of sp³-hybridized carbons (Fsp3) is 0.250. The topological polar surface area (TPSA) is 12.0 Å². The number of hydrogen-bond donors (Lipinski definition) is 1. The molecule has 3 heteroatoms. The van der Waals surface area contributed by atoms with E-state index >= 15 is 0 Å². The first-order valence-corrected chi connectivity index (χ1v) is 2.42. The molecule has 0 spiro atoms. The third kappa shape index (κ3) is 5.54. The van der Waals surface area contributed by atoms with Crippen molar-refractivity contribution in [1.29, 1.82) is 0 Å². The summed E-state index contributed by atoms with van der Waals surface area (Å²) in [5.74, 6) is 1.86. The number of nitrogens with one attached hydrogen (secondary N) is 1. The van der Waals surface area contributed by atoms with Crippen LogP contribution in [0.5, 0.6) is 0 Å². The Balaban J connectivity index is 2.92. The average molecular weight is 92.7 g/mol. The molecule has 1 nitrogen and oxygen atoms in total. The zero-order valence-corrected chi connectivity index (χ0v) is 4.65. The van der Waals surface area contributed by atoms with Crippen molar-refractivity contribution in [2.45, 2.75) is 6.82 Å². The van der Waals surface area contributed by atoms with Crippen LogP contribution in [-0.4, -0.2) is 20.8 Å². The molecule has 0 fully saturated rings. The summed E-state index contributed by atoms with van der Waals surface area (Å²) in [7, 11) is 0.977. The molecule has 36 valence electrons. The zero-order valence-electron chi connectivity index (χ0n) is 4.65. The van der Waals surface area contributed by atoms with Gasteiger partial charge in [-0.25, -0.2) is 0 Å². The van der Waals surface area contributed by atoms with Gasteiger partial charge in [-0.15, -0.1) is 0 Å². The summed E-state index contributed by atoms with van der Waals surface area (Å²) in [6.07, 6.45) is 1.87. The Hall–Kier alpha value is -0.460.